The first-order chi connectivity index (χ1) is 16.0. The molecule has 7 nitrogen and oxygen atoms in total. The van der Waals surface area contributed by atoms with Crippen molar-refractivity contribution in [2.45, 2.75) is 51.1 Å². The van der Waals surface area contributed by atoms with E-state index in [9.17, 15) is 9.59 Å². The summed E-state index contributed by atoms with van der Waals surface area (Å²) in [4.78, 5) is 27.7. The van der Waals surface area contributed by atoms with Crippen LogP contribution < -0.4 is 19.5 Å². The second-order valence-electron chi connectivity index (χ2n) is 8.33. The first kappa shape index (κ1) is 24.4. The maximum absolute atomic E-state index is 13.2. The van der Waals surface area contributed by atoms with E-state index in [2.05, 4.69) is 5.32 Å². The number of hydrogen-bond donors (Lipinski definition) is 1. The van der Waals surface area contributed by atoms with Crippen molar-refractivity contribution in [2.75, 3.05) is 27.4 Å². The second-order valence-corrected chi connectivity index (χ2v) is 8.33. The van der Waals surface area contributed by atoms with Crippen LogP contribution in [0.15, 0.2) is 48.5 Å². The fourth-order valence-corrected chi connectivity index (χ4v) is 4.05. The smallest absolute Gasteiger partial charge is 0.261 e. The van der Waals surface area contributed by atoms with E-state index >= 15 is 0 Å². The molecular weight excluding hydrogens is 420 g/mol. The van der Waals surface area contributed by atoms with Gasteiger partial charge in [0.15, 0.2) is 6.61 Å². The summed E-state index contributed by atoms with van der Waals surface area (Å²) in [6, 6.07) is 14.7. The lowest BCUT2D eigenvalue weighted by molar-refractivity contribution is -0.141. The second kappa shape index (κ2) is 12.1. The minimum absolute atomic E-state index is 0.119. The van der Waals surface area contributed by atoms with E-state index in [1.807, 2.05) is 30.3 Å². The summed E-state index contributed by atoms with van der Waals surface area (Å²) in [5.74, 6) is 1.24. The highest BCUT2D eigenvalue weighted by atomic mass is 16.5. The fraction of sp³-hybridized carbons (Fsp3) is 0.462. The van der Waals surface area contributed by atoms with Crippen molar-refractivity contribution in [1.29, 1.82) is 0 Å². The zero-order valence-electron chi connectivity index (χ0n) is 19.7. The van der Waals surface area contributed by atoms with Gasteiger partial charge in [0.2, 0.25) is 5.91 Å². The Hall–Kier alpha value is -3.22. The number of nitrogens with zero attached hydrogens (tertiary/aromatic N) is 1. The van der Waals surface area contributed by atoms with Crippen molar-refractivity contribution < 1.29 is 23.8 Å². The van der Waals surface area contributed by atoms with Crippen LogP contribution in [0, 0.1) is 0 Å². The van der Waals surface area contributed by atoms with Crippen LogP contribution in [0.4, 0.5) is 0 Å². The van der Waals surface area contributed by atoms with Crippen LogP contribution in [0.3, 0.4) is 0 Å². The maximum Gasteiger partial charge on any atom is 0.261 e. The Labute approximate surface area is 196 Å². The van der Waals surface area contributed by atoms with Gasteiger partial charge in [-0.2, -0.15) is 0 Å². The molecule has 2 aromatic rings. The van der Waals surface area contributed by atoms with Crippen LogP contribution in [0.2, 0.25) is 0 Å². The zero-order valence-corrected chi connectivity index (χ0v) is 19.7. The highest BCUT2D eigenvalue weighted by Crippen LogP contribution is 2.27. The molecule has 0 unspecified atom stereocenters. The summed E-state index contributed by atoms with van der Waals surface area (Å²) in [5, 5.41) is 3.11. The third kappa shape index (κ3) is 7.14. The molecule has 33 heavy (non-hydrogen) atoms. The van der Waals surface area contributed by atoms with E-state index < -0.39 is 6.04 Å². The monoisotopic (exact) mass is 454 g/mol. The number of methoxy groups -OCH3 is 2. The number of rotatable bonds is 11. The number of carbonyl (C=O) groups excluding carboxylic acids is 2. The van der Waals surface area contributed by atoms with Crippen molar-refractivity contribution in [3.05, 3.63) is 54.1 Å². The molecule has 0 heterocycles. The van der Waals surface area contributed by atoms with Gasteiger partial charge in [0.1, 0.15) is 23.3 Å². The molecule has 0 aromatic heterocycles. The summed E-state index contributed by atoms with van der Waals surface area (Å²) < 4.78 is 16.3. The molecule has 1 aliphatic rings. The number of benzene rings is 2. The normalized spacial score (nSPS) is 14.4. The van der Waals surface area contributed by atoms with Crippen molar-refractivity contribution >= 4 is 11.8 Å². The lowest BCUT2D eigenvalue weighted by Crippen LogP contribution is -2.51. The fourth-order valence-electron chi connectivity index (χ4n) is 4.05. The van der Waals surface area contributed by atoms with Crippen LogP contribution in [0.1, 0.15) is 38.2 Å². The Morgan fingerprint density at radius 1 is 1.00 bits per heavy atom. The van der Waals surface area contributed by atoms with Crippen LogP contribution in [-0.4, -0.2) is 56.2 Å². The molecule has 1 saturated carbocycles. The molecule has 0 radical (unpaired) electrons. The van der Waals surface area contributed by atoms with Gasteiger partial charge in [0.25, 0.3) is 5.91 Å². The van der Waals surface area contributed by atoms with Gasteiger partial charge in [-0.3, -0.25) is 9.59 Å². The van der Waals surface area contributed by atoms with Crippen LogP contribution in [-0.2, 0) is 16.0 Å². The molecule has 1 fully saturated rings. The van der Waals surface area contributed by atoms with Gasteiger partial charge in [0, 0.05) is 30.8 Å². The molecule has 2 aromatic carbocycles. The molecule has 0 saturated heterocycles. The summed E-state index contributed by atoms with van der Waals surface area (Å²) >= 11 is 0. The number of carbonyl (C=O) groups is 2. The van der Waals surface area contributed by atoms with Crippen LogP contribution >= 0.6 is 0 Å². The maximum atomic E-state index is 13.2. The average Bonchev–Trinajstić information content (AvgIpc) is 3.36. The number of nitrogens with one attached hydrogen (secondary N) is 1. The van der Waals surface area contributed by atoms with E-state index in [1.165, 1.54) is 0 Å². The molecule has 178 valence electrons. The van der Waals surface area contributed by atoms with Crippen molar-refractivity contribution in [3.8, 4) is 17.2 Å². The molecular formula is C26H34N2O5. The van der Waals surface area contributed by atoms with Gasteiger partial charge in [-0.15, -0.1) is 0 Å². The molecule has 1 aliphatic carbocycles. The molecule has 1 atom stereocenters. The lowest BCUT2D eigenvalue weighted by Gasteiger charge is -2.29. The lowest BCUT2D eigenvalue weighted by atomic mass is 10.1. The van der Waals surface area contributed by atoms with Crippen molar-refractivity contribution in [3.63, 3.8) is 0 Å². The molecule has 0 spiro atoms. The van der Waals surface area contributed by atoms with E-state index in [0.717, 1.165) is 31.2 Å². The third-order valence-electron chi connectivity index (χ3n) is 6.04. The van der Waals surface area contributed by atoms with Crippen molar-refractivity contribution in [2.24, 2.45) is 0 Å². The first-order valence-electron chi connectivity index (χ1n) is 11.5. The molecule has 3 rings (SSSR count). The van der Waals surface area contributed by atoms with Gasteiger partial charge in [-0.1, -0.05) is 43.2 Å². The molecule has 0 aliphatic heterocycles. The van der Waals surface area contributed by atoms with Gasteiger partial charge in [-0.05, 0) is 31.7 Å². The predicted molar refractivity (Wildman–Crippen MR) is 127 cm³/mol. The first-order valence-corrected chi connectivity index (χ1v) is 11.5. The molecule has 0 bridgehead atoms. The largest absolute Gasteiger partial charge is 0.496 e. The summed E-state index contributed by atoms with van der Waals surface area (Å²) in [5.41, 5.74) is 1.11. The molecule has 2 amide bonds. The topological polar surface area (TPSA) is 77.1 Å². The predicted octanol–water partition coefficient (Wildman–Crippen LogP) is 3.60. The average molecular weight is 455 g/mol. The highest BCUT2D eigenvalue weighted by Gasteiger charge is 2.28. The summed E-state index contributed by atoms with van der Waals surface area (Å²) in [6.07, 6.45) is 4.91. The minimum atomic E-state index is -0.592. The van der Waals surface area contributed by atoms with E-state index in [0.29, 0.717) is 30.2 Å². The zero-order chi connectivity index (χ0) is 23.6. The van der Waals surface area contributed by atoms with Crippen molar-refractivity contribution in [1.82, 2.24) is 10.2 Å². The van der Waals surface area contributed by atoms with Gasteiger partial charge in [0.05, 0.1) is 14.2 Å². The Morgan fingerprint density at radius 2 is 1.61 bits per heavy atom. The Kier molecular flexibility index (Phi) is 8.98. The minimum Gasteiger partial charge on any atom is -0.496 e. The molecule has 7 heteroatoms. The third-order valence-corrected chi connectivity index (χ3v) is 6.04. The number of hydrogen-bond acceptors (Lipinski definition) is 5. The summed E-state index contributed by atoms with van der Waals surface area (Å²) in [6.45, 7) is 2.01. The van der Waals surface area contributed by atoms with Crippen LogP contribution in [0.5, 0.6) is 17.2 Å². The number of amides is 2. The van der Waals surface area contributed by atoms with E-state index in [1.54, 1.807) is 44.2 Å². The standard InChI is InChI=1S/C26H34N2O5/c1-19(26(30)27-21-11-7-8-12-21)28(14-13-20-9-5-4-6-10-20)25(29)18-33-24-16-22(31-2)15-23(17-24)32-3/h4-6,9-10,15-17,19,21H,7-8,11-14,18H2,1-3H3,(H,27,30)/t19-/m1/s1. The van der Waals surface area contributed by atoms with Gasteiger partial charge in [-0.25, -0.2) is 0 Å². The van der Waals surface area contributed by atoms with Gasteiger partial charge >= 0.3 is 0 Å². The Morgan fingerprint density at radius 3 is 2.21 bits per heavy atom. The summed E-state index contributed by atoms with van der Waals surface area (Å²) in [7, 11) is 3.11. The Bertz CT molecular complexity index is 890. The highest BCUT2D eigenvalue weighted by molar-refractivity contribution is 5.88. The molecule has 1 N–H and O–H groups in total. The number of ether oxygens (including phenoxy) is 3. The SMILES string of the molecule is COc1cc(OC)cc(OCC(=O)N(CCc2ccccc2)[C@H](C)C(=O)NC2CCCC2)c1. The Balaban J connectivity index is 1.68. The van der Waals surface area contributed by atoms with E-state index in [4.69, 9.17) is 14.2 Å². The quantitative estimate of drug-likeness (QED) is 0.561. The van der Waals surface area contributed by atoms with Crippen LogP contribution in [0.25, 0.3) is 0 Å². The van der Waals surface area contributed by atoms with Gasteiger partial charge < -0.3 is 24.4 Å². The van der Waals surface area contributed by atoms with E-state index in [-0.39, 0.29) is 24.5 Å².